The van der Waals surface area contributed by atoms with Gasteiger partial charge in [-0.3, -0.25) is 0 Å². The predicted molar refractivity (Wildman–Crippen MR) is 106 cm³/mol. The standard InChI is InChI=1S/C24H36/c1-16(2)22-11-12-23-21(8-7-13-24(22,23)6)10-9-20-14-17(3)19(5)18(4)15-20/h9-10,17-18,23H,5,7-8,11-15H2,1-4,6H3/b21-10+/t17-,18-,23?,24-/m1/s1. The summed E-state index contributed by atoms with van der Waals surface area (Å²) < 4.78 is 0. The Morgan fingerprint density at radius 3 is 2.38 bits per heavy atom. The van der Waals surface area contributed by atoms with Crippen molar-refractivity contribution in [1.29, 1.82) is 0 Å². The van der Waals surface area contributed by atoms with Crippen molar-refractivity contribution < 1.29 is 0 Å². The van der Waals surface area contributed by atoms with Crippen LogP contribution in [0.5, 0.6) is 0 Å². The molecule has 4 atom stereocenters. The zero-order chi connectivity index (χ0) is 17.5. The Bertz CT molecular complexity index is 592. The molecule has 132 valence electrons. The number of fused-ring (bicyclic) bond motifs is 1. The fourth-order valence-corrected chi connectivity index (χ4v) is 5.86. The second kappa shape index (κ2) is 6.70. The second-order valence-corrected chi connectivity index (χ2v) is 9.19. The minimum atomic E-state index is 0.447. The highest BCUT2D eigenvalue weighted by Crippen LogP contribution is 2.57. The van der Waals surface area contributed by atoms with Gasteiger partial charge in [0.2, 0.25) is 0 Å². The van der Waals surface area contributed by atoms with Gasteiger partial charge in [-0.15, -0.1) is 0 Å². The lowest BCUT2D eigenvalue weighted by molar-refractivity contribution is 0.245. The van der Waals surface area contributed by atoms with E-state index in [-0.39, 0.29) is 0 Å². The largest absolute Gasteiger partial charge is 0.0993 e. The lowest BCUT2D eigenvalue weighted by Crippen LogP contribution is -2.29. The molecule has 3 aliphatic rings. The number of hydrogen-bond acceptors (Lipinski definition) is 0. The molecule has 0 amide bonds. The summed E-state index contributed by atoms with van der Waals surface area (Å²) in [7, 11) is 0. The van der Waals surface area contributed by atoms with Crippen molar-refractivity contribution in [3.8, 4) is 0 Å². The average molecular weight is 325 g/mol. The molecule has 0 aliphatic heterocycles. The van der Waals surface area contributed by atoms with Crippen molar-refractivity contribution in [3.63, 3.8) is 0 Å². The summed E-state index contributed by atoms with van der Waals surface area (Å²) in [6, 6.07) is 0. The molecule has 3 fully saturated rings. The molecule has 0 heterocycles. The van der Waals surface area contributed by atoms with Gasteiger partial charge in [0.15, 0.2) is 0 Å². The minimum Gasteiger partial charge on any atom is -0.0993 e. The van der Waals surface area contributed by atoms with Crippen molar-refractivity contribution in [1.82, 2.24) is 0 Å². The van der Waals surface area contributed by atoms with Crippen LogP contribution >= 0.6 is 0 Å². The maximum Gasteiger partial charge on any atom is -0.00482 e. The van der Waals surface area contributed by atoms with Crippen LogP contribution < -0.4 is 0 Å². The minimum absolute atomic E-state index is 0.447. The first kappa shape index (κ1) is 17.8. The van der Waals surface area contributed by atoms with Crippen LogP contribution in [0.4, 0.5) is 0 Å². The van der Waals surface area contributed by atoms with Crippen LogP contribution in [0.2, 0.25) is 0 Å². The summed E-state index contributed by atoms with van der Waals surface area (Å²) in [4.78, 5) is 0. The quantitative estimate of drug-likeness (QED) is 0.441. The fraction of sp³-hybridized carbons (Fsp3) is 0.667. The van der Waals surface area contributed by atoms with Crippen LogP contribution in [0.1, 0.15) is 79.6 Å². The third-order valence-corrected chi connectivity index (χ3v) is 7.29. The van der Waals surface area contributed by atoms with E-state index in [4.69, 9.17) is 0 Å². The van der Waals surface area contributed by atoms with Gasteiger partial charge in [0, 0.05) is 0 Å². The van der Waals surface area contributed by atoms with Gasteiger partial charge in [0.25, 0.3) is 0 Å². The van der Waals surface area contributed by atoms with Crippen molar-refractivity contribution >= 4 is 0 Å². The molecule has 0 bridgehead atoms. The third kappa shape index (κ3) is 3.09. The van der Waals surface area contributed by atoms with E-state index in [0.29, 0.717) is 17.3 Å². The van der Waals surface area contributed by atoms with Gasteiger partial charge >= 0.3 is 0 Å². The van der Waals surface area contributed by atoms with Gasteiger partial charge in [-0.1, -0.05) is 67.4 Å². The second-order valence-electron chi connectivity index (χ2n) is 9.19. The Hall–Kier alpha value is -1.04. The lowest BCUT2D eigenvalue weighted by atomic mass is 9.65. The van der Waals surface area contributed by atoms with E-state index in [2.05, 4.69) is 53.3 Å². The van der Waals surface area contributed by atoms with Gasteiger partial charge in [0.1, 0.15) is 0 Å². The first-order valence-electron chi connectivity index (χ1n) is 10.1. The van der Waals surface area contributed by atoms with E-state index < -0.39 is 0 Å². The van der Waals surface area contributed by atoms with Crippen LogP contribution in [0.3, 0.4) is 0 Å². The normalized spacial score (nSPS) is 38.5. The molecule has 0 spiro atoms. The maximum atomic E-state index is 4.29. The smallest absolute Gasteiger partial charge is 0.00482 e. The van der Waals surface area contributed by atoms with Gasteiger partial charge in [-0.05, 0) is 82.0 Å². The predicted octanol–water partition coefficient (Wildman–Crippen LogP) is 7.40. The summed E-state index contributed by atoms with van der Waals surface area (Å²) in [5.41, 5.74) is 8.62. The topological polar surface area (TPSA) is 0 Å². The summed E-state index contributed by atoms with van der Waals surface area (Å²) in [5, 5.41) is 0. The number of allylic oxidation sites excluding steroid dienone is 7. The lowest BCUT2D eigenvalue weighted by Gasteiger charge is -2.40. The molecule has 1 unspecified atom stereocenters. The van der Waals surface area contributed by atoms with Gasteiger partial charge in [-0.2, -0.15) is 0 Å². The van der Waals surface area contributed by atoms with E-state index >= 15 is 0 Å². The Morgan fingerprint density at radius 2 is 1.75 bits per heavy atom. The highest BCUT2D eigenvalue weighted by Gasteiger charge is 2.46. The summed E-state index contributed by atoms with van der Waals surface area (Å²) in [5.74, 6) is 2.10. The summed E-state index contributed by atoms with van der Waals surface area (Å²) in [6.07, 6.45) is 14.2. The molecule has 0 aromatic heterocycles. The van der Waals surface area contributed by atoms with E-state index in [1.807, 2.05) is 0 Å². The van der Waals surface area contributed by atoms with Crippen LogP contribution in [-0.2, 0) is 0 Å². The number of rotatable bonds is 1. The maximum absolute atomic E-state index is 4.29. The molecule has 3 aliphatic carbocycles. The highest BCUT2D eigenvalue weighted by atomic mass is 14.5. The first-order chi connectivity index (χ1) is 11.3. The van der Waals surface area contributed by atoms with Gasteiger partial charge < -0.3 is 0 Å². The molecule has 0 aromatic rings. The molecule has 3 rings (SSSR count). The van der Waals surface area contributed by atoms with E-state index in [9.17, 15) is 0 Å². The van der Waals surface area contributed by atoms with Crippen LogP contribution in [0, 0.1) is 23.2 Å². The molecule has 24 heavy (non-hydrogen) atoms. The molecule has 3 saturated carbocycles. The Morgan fingerprint density at radius 1 is 1.08 bits per heavy atom. The van der Waals surface area contributed by atoms with Crippen molar-refractivity contribution in [3.05, 3.63) is 46.6 Å². The monoisotopic (exact) mass is 324 g/mol. The van der Waals surface area contributed by atoms with Gasteiger partial charge in [-0.25, -0.2) is 0 Å². The Kier molecular flexibility index (Phi) is 4.96. The fourth-order valence-electron chi connectivity index (χ4n) is 5.86. The highest BCUT2D eigenvalue weighted by molar-refractivity contribution is 5.34. The number of hydrogen-bond donors (Lipinski definition) is 0. The summed E-state index contributed by atoms with van der Waals surface area (Å²) in [6.45, 7) is 16.2. The molecule has 0 saturated heterocycles. The average Bonchev–Trinajstić information content (AvgIpc) is 2.88. The van der Waals surface area contributed by atoms with Crippen LogP contribution in [0.15, 0.2) is 46.6 Å². The molecule has 0 heteroatoms. The molecule has 0 nitrogen and oxygen atoms in total. The molecular weight excluding hydrogens is 288 g/mol. The van der Waals surface area contributed by atoms with Crippen LogP contribution in [-0.4, -0.2) is 0 Å². The molecule has 0 radical (unpaired) electrons. The molecule has 0 N–H and O–H groups in total. The van der Waals surface area contributed by atoms with Crippen molar-refractivity contribution in [2.75, 3.05) is 0 Å². The summed E-state index contributed by atoms with van der Waals surface area (Å²) >= 11 is 0. The van der Waals surface area contributed by atoms with E-state index in [0.717, 1.165) is 5.92 Å². The van der Waals surface area contributed by atoms with E-state index in [1.165, 1.54) is 50.5 Å². The molecule has 0 aromatic carbocycles. The first-order valence-corrected chi connectivity index (χ1v) is 10.1. The van der Waals surface area contributed by atoms with E-state index in [1.54, 1.807) is 22.3 Å². The van der Waals surface area contributed by atoms with Crippen molar-refractivity contribution in [2.24, 2.45) is 23.2 Å². The molecular formula is C24H36. The van der Waals surface area contributed by atoms with Crippen LogP contribution in [0.25, 0.3) is 0 Å². The SMILES string of the molecule is C=C1[C@H](C)CC(=C/C=C2\CCC[C@]3(C)C(=C(C)C)CCC23)C[C@H]1C. The van der Waals surface area contributed by atoms with Gasteiger partial charge in [0.05, 0.1) is 0 Å². The third-order valence-electron chi connectivity index (χ3n) is 7.29. The zero-order valence-electron chi connectivity index (χ0n) is 16.5. The Labute approximate surface area is 149 Å². The Balaban J connectivity index is 1.83. The van der Waals surface area contributed by atoms with Crippen molar-refractivity contribution in [2.45, 2.75) is 79.6 Å². The zero-order valence-corrected chi connectivity index (χ0v) is 16.5.